The quantitative estimate of drug-likeness (QED) is 0.419. The Morgan fingerprint density at radius 1 is 1.27 bits per heavy atom. The van der Waals surface area contributed by atoms with Crippen LogP contribution in [0.2, 0.25) is 0 Å². The molecule has 3 aromatic heterocycles. The van der Waals surface area contributed by atoms with E-state index in [9.17, 15) is 9.59 Å². The maximum Gasteiger partial charge on any atom is 0.254 e. The zero-order valence-electron chi connectivity index (χ0n) is 16.3. The first kappa shape index (κ1) is 18.2. The van der Waals surface area contributed by atoms with E-state index in [1.807, 2.05) is 25.1 Å². The van der Waals surface area contributed by atoms with Crippen molar-refractivity contribution in [2.24, 2.45) is 0 Å². The van der Waals surface area contributed by atoms with Gasteiger partial charge in [0.25, 0.3) is 5.91 Å². The van der Waals surface area contributed by atoms with Crippen LogP contribution in [-0.2, 0) is 9.59 Å². The molecule has 2 aliphatic rings. The second-order valence-electron chi connectivity index (χ2n) is 7.47. The van der Waals surface area contributed by atoms with E-state index in [4.69, 9.17) is 0 Å². The summed E-state index contributed by atoms with van der Waals surface area (Å²) in [5.74, 6) is 0.317. The molecule has 1 saturated carbocycles. The number of amides is 2. The molecular weight excluding hydrogens is 384 g/mol. The Balaban J connectivity index is 1.53. The number of rotatable bonds is 6. The molecule has 3 aromatic rings. The van der Waals surface area contributed by atoms with Gasteiger partial charge in [0, 0.05) is 23.4 Å². The lowest BCUT2D eigenvalue weighted by molar-refractivity contribution is -0.124. The van der Waals surface area contributed by atoms with E-state index in [1.54, 1.807) is 23.0 Å². The molecule has 0 radical (unpaired) electrons. The molecule has 10 heteroatoms. The fraction of sp³-hybridized carbons (Fsp3) is 0.300. The molecule has 152 valence electrons. The monoisotopic (exact) mass is 404 g/mol. The summed E-state index contributed by atoms with van der Waals surface area (Å²) in [7, 11) is 0. The lowest BCUT2D eigenvalue weighted by Crippen LogP contribution is -2.19. The fourth-order valence-electron chi connectivity index (χ4n) is 3.27. The summed E-state index contributed by atoms with van der Waals surface area (Å²) in [6.45, 7) is 1.98. The first-order chi connectivity index (χ1) is 14.6. The molecule has 2 fully saturated rings. The summed E-state index contributed by atoms with van der Waals surface area (Å²) in [4.78, 5) is 37.0. The maximum absolute atomic E-state index is 11.9. The van der Waals surface area contributed by atoms with Crippen LogP contribution in [0.3, 0.4) is 0 Å². The van der Waals surface area contributed by atoms with Crippen molar-refractivity contribution >= 4 is 35.4 Å². The number of hydrogen-bond donors (Lipinski definition) is 3. The third-order valence-electron chi connectivity index (χ3n) is 5.01. The minimum atomic E-state index is -0.383. The summed E-state index contributed by atoms with van der Waals surface area (Å²) >= 11 is 0. The van der Waals surface area contributed by atoms with Crippen molar-refractivity contribution in [3.05, 3.63) is 47.4 Å². The average molecular weight is 404 g/mol. The highest BCUT2D eigenvalue weighted by molar-refractivity contribution is 6.15. The number of carbonyl (C=O) groups is 2. The minimum absolute atomic E-state index is 0.0518. The number of hydrogen-bond acceptors (Lipinski definition) is 8. The predicted octanol–water partition coefficient (Wildman–Crippen LogP) is 1.70. The number of anilines is 2. The zero-order chi connectivity index (χ0) is 20.7. The van der Waals surface area contributed by atoms with Gasteiger partial charge in [0.1, 0.15) is 0 Å². The molecule has 0 bridgehead atoms. The van der Waals surface area contributed by atoms with Crippen LogP contribution >= 0.6 is 0 Å². The van der Waals surface area contributed by atoms with Crippen LogP contribution in [0.1, 0.15) is 43.5 Å². The van der Waals surface area contributed by atoms with Crippen molar-refractivity contribution < 1.29 is 9.59 Å². The molecule has 0 spiro atoms. The molecule has 1 aliphatic carbocycles. The molecule has 0 aromatic carbocycles. The SMILES string of the molecule is CC(Nc1nc(NC2CC2)n2ncc(/C=C3\CC(=O)NC3=O)c2n1)c1ccccn1. The molecular formula is C20H20N8O2. The van der Waals surface area contributed by atoms with Crippen LogP contribution in [-0.4, -0.2) is 42.4 Å². The van der Waals surface area contributed by atoms with E-state index in [-0.39, 0.29) is 24.3 Å². The van der Waals surface area contributed by atoms with Gasteiger partial charge in [0.15, 0.2) is 5.65 Å². The number of aromatic nitrogens is 5. The van der Waals surface area contributed by atoms with E-state index >= 15 is 0 Å². The Hall–Kier alpha value is -3.82. The van der Waals surface area contributed by atoms with Gasteiger partial charge in [-0.2, -0.15) is 19.6 Å². The second-order valence-corrected chi connectivity index (χ2v) is 7.47. The number of fused-ring (bicyclic) bond motifs is 1. The number of nitrogens with zero attached hydrogens (tertiary/aromatic N) is 5. The van der Waals surface area contributed by atoms with Gasteiger partial charge in [-0.05, 0) is 38.0 Å². The third-order valence-corrected chi connectivity index (χ3v) is 5.01. The number of pyridine rings is 1. The molecule has 1 aliphatic heterocycles. The van der Waals surface area contributed by atoms with Gasteiger partial charge >= 0.3 is 0 Å². The van der Waals surface area contributed by atoms with E-state index in [0.717, 1.165) is 18.5 Å². The highest BCUT2D eigenvalue weighted by Gasteiger charge is 2.26. The smallest absolute Gasteiger partial charge is 0.254 e. The van der Waals surface area contributed by atoms with Gasteiger partial charge in [-0.1, -0.05) is 6.07 Å². The van der Waals surface area contributed by atoms with Crippen LogP contribution in [0.4, 0.5) is 11.9 Å². The van der Waals surface area contributed by atoms with Crippen LogP contribution < -0.4 is 16.0 Å². The summed E-state index contributed by atoms with van der Waals surface area (Å²) in [6.07, 6.45) is 7.24. The first-order valence-corrected chi connectivity index (χ1v) is 9.81. The van der Waals surface area contributed by atoms with Gasteiger partial charge in [-0.3, -0.25) is 19.9 Å². The van der Waals surface area contributed by atoms with E-state index < -0.39 is 0 Å². The van der Waals surface area contributed by atoms with Crippen LogP contribution in [0.5, 0.6) is 0 Å². The largest absolute Gasteiger partial charge is 0.351 e. The van der Waals surface area contributed by atoms with Crippen molar-refractivity contribution in [1.82, 2.24) is 29.9 Å². The molecule has 1 saturated heterocycles. The topological polar surface area (TPSA) is 126 Å². The fourth-order valence-corrected chi connectivity index (χ4v) is 3.27. The van der Waals surface area contributed by atoms with Crippen LogP contribution in [0, 0.1) is 0 Å². The standard InChI is InChI=1S/C20H20N8O2/c1-11(15-4-2-3-7-21-15)23-19-26-17-13(8-12-9-16(29)25-18(12)30)10-22-28(17)20(27-19)24-14-5-6-14/h2-4,7-8,10-11,14H,5-6,9H2,1H3,(H,25,29,30)(H2,23,24,26,27)/b12-8+. The molecule has 4 heterocycles. The van der Waals surface area contributed by atoms with E-state index in [1.165, 1.54) is 0 Å². The lowest BCUT2D eigenvalue weighted by atomic mass is 10.1. The molecule has 2 amide bonds. The first-order valence-electron chi connectivity index (χ1n) is 9.81. The highest BCUT2D eigenvalue weighted by Crippen LogP contribution is 2.27. The zero-order valence-corrected chi connectivity index (χ0v) is 16.3. The molecule has 30 heavy (non-hydrogen) atoms. The summed E-state index contributed by atoms with van der Waals surface area (Å²) in [5, 5.41) is 13.3. The van der Waals surface area contributed by atoms with Crippen molar-refractivity contribution in [2.75, 3.05) is 10.6 Å². The number of carbonyl (C=O) groups excluding carboxylic acids is 2. The van der Waals surface area contributed by atoms with E-state index in [0.29, 0.717) is 34.7 Å². The number of imide groups is 1. The summed E-state index contributed by atoms with van der Waals surface area (Å²) < 4.78 is 1.62. The normalized spacial score (nSPS) is 18.6. The predicted molar refractivity (Wildman–Crippen MR) is 109 cm³/mol. The second kappa shape index (κ2) is 7.21. The Labute approximate surface area is 171 Å². The Kier molecular flexibility index (Phi) is 4.38. The van der Waals surface area contributed by atoms with Crippen molar-refractivity contribution in [3.8, 4) is 0 Å². The van der Waals surface area contributed by atoms with Gasteiger partial charge in [-0.25, -0.2) is 0 Å². The molecule has 3 N–H and O–H groups in total. The number of nitrogens with one attached hydrogen (secondary N) is 3. The highest BCUT2D eigenvalue weighted by atomic mass is 16.2. The summed E-state index contributed by atoms with van der Waals surface area (Å²) in [6, 6.07) is 6.00. The Morgan fingerprint density at radius 2 is 2.13 bits per heavy atom. The molecule has 1 unspecified atom stereocenters. The van der Waals surface area contributed by atoms with Crippen LogP contribution in [0.25, 0.3) is 11.7 Å². The Morgan fingerprint density at radius 3 is 2.83 bits per heavy atom. The average Bonchev–Trinajstić information content (AvgIpc) is 3.37. The van der Waals surface area contributed by atoms with E-state index in [2.05, 4.69) is 36.0 Å². The Bertz CT molecular complexity index is 1170. The van der Waals surface area contributed by atoms with Crippen molar-refractivity contribution in [1.29, 1.82) is 0 Å². The maximum atomic E-state index is 11.9. The van der Waals surface area contributed by atoms with Crippen molar-refractivity contribution in [3.63, 3.8) is 0 Å². The minimum Gasteiger partial charge on any atom is -0.351 e. The van der Waals surface area contributed by atoms with Gasteiger partial charge in [-0.15, -0.1) is 0 Å². The van der Waals surface area contributed by atoms with Crippen LogP contribution in [0.15, 0.2) is 36.2 Å². The van der Waals surface area contributed by atoms with Gasteiger partial charge in [0.2, 0.25) is 17.8 Å². The van der Waals surface area contributed by atoms with Gasteiger partial charge < -0.3 is 10.6 Å². The molecule has 5 rings (SSSR count). The lowest BCUT2D eigenvalue weighted by Gasteiger charge is -2.15. The van der Waals surface area contributed by atoms with Crippen molar-refractivity contribution in [2.45, 2.75) is 38.3 Å². The molecule has 1 atom stereocenters. The molecule has 10 nitrogen and oxygen atoms in total. The van der Waals surface area contributed by atoms with Gasteiger partial charge in [0.05, 0.1) is 24.4 Å². The summed E-state index contributed by atoms with van der Waals surface area (Å²) in [5.41, 5.74) is 2.45. The third kappa shape index (κ3) is 3.59.